The Labute approximate surface area is 105 Å². The van der Waals surface area contributed by atoms with Crippen molar-refractivity contribution in [2.75, 3.05) is 17.6 Å². The van der Waals surface area contributed by atoms with Crippen molar-refractivity contribution < 1.29 is 4.79 Å². The zero-order chi connectivity index (χ0) is 12.7. The summed E-state index contributed by atoms with van der Waals surface area (Å²) in [4.78, 5) is 22.1. The molecule has 3 N–H and O–H groups in total. The molecule has 0 spiro atoms. The van der Waals surface area contributed by atoms with Gasteiger partial charge in [-0.3, -0.25) is 0 Å². The quantitative estimate of drug-likeness (QED) is 0.722. The van der Waals surface area contributed by atoms with E-state index in [1.165, 1.54) is 0 Å². The molecule has 0 saturated heterocycles. The lowest BCUT2D eigenvalue weighted by atomic mass is 10.1. The van der Waals surface area contributed by atoms with Crippen molar-refractivity contribution in [2.45, 2.75) is 32.6 Å². The van der Waals surface area contributed by atoms with Crippen LogP contribution in [0, 0.1) is 0 Å². The third-order valence-corrected chi connectivity index (χ3v) is 2.28. The standard InChI is InChI=1S/C10H16ClN5O/c1-7(17)5-3-2-4-6-13-10-15-8(11)14-9(12)16-10/h2-6H2,1H3,(H3,12,13,14,15,16). The number of nitrogens with zero attached hydrogens (tertiary/aromatic N) is 3. The van der Waals surface area contributed by atoms with Crippen molar-refractivity contribution in [3.05, 3.63) is 5.28 Å². The van der Waals surface area contributed by atoms with Crippen molar-refractivity contribution in [1.82, 2.24) is 15.0 Å². The molecule has 6 nitrogen and oxygen atoms in total. The highest BCUT2D eigenvalue weighted by atomic mass is 35.5. The molecule has 0 aromatic carbocycles. The van der Waals surface area contributed by atoms with E-state index in [1.54, 1.807) is 6.92 Å². The van der Waals surface area contributed by atoms with E-state index in [9.17, 15) is 4.79 Å². The number of carbonyl (C=O) groups is 1. The molecule has 0 atom stereocenters. The third-order valence-electron chi connectivity index (χ3n) is 2.11. The highest BCUT2D eigenvalue weighted by molar-refractivity contribution is 6.28. The smallest absolute Gasteiger partial charge is 0.228 e. The van der Waals surface area contributed by atoms with Gasteiger partial charge in [0, 0.05) is 13.0 Å². The second kappa shape index (κ2) is 7.01. The number of nitrogens with one attached hydrogen (secondary N) is 1. The summed E-state index contributed by atoms with van der Waals surface area (Å²) in [6.45, 7) is 2.32. The SMILES string of the molecule is CC(=O)CCCCCNc1nc(N)nc(Cl)n1. The number of hydrogen-bond donors (Lipinski definition) is 2. The van der Waals surface area contributed by atoms with Gasteiger partial charge in [0.2, 0.25) is 17.2 Å². The summed E-state index contributed by atoms with van der Waals surface area (Å²) in [5.74, 6) is 0.716. The minimum Gasteiger partial charge on any atom is -0.368 e. The lowest BCUT2D eigenvalue weighted by molar-refractivity contribution is -0.117. The number of aromatic nitrogens is 3. The Morgan fingerprint density at radius 1 is 1.29 bits per heavy atom. The first-order chi connectivity index (χ1) is 8.08. The number of Topliss-reactive ketones (excluding diaryl/α,β-unsaturated/α-hetero) is 1. The molecular formula is C10H16ClN5O. The molecule has 1 rings (SSSR count). The monoisotopic (exact) mass is 257 g/mol. The van der Waals surface area contributed by atoms with Gasteiger partial charge in [0.15, 0.2) is 0 Å². The molecule has 7 heteroatoms. The van der Waals surface area contributed by atoms with Gasteiger partial charge >= 0.3 is 0 Å². The largest absolute Gasteiger partial charge is 0.368 e. The minimum absolute atomic E-state index is 0.0802. The van der Waals surface area contributed by atoms with Gasteiger partial charge in [-0.2, -0.15) is 15.0 Å². The van der Waals surface area contributed by atoms with Gasteiger partial charge in [0.25, 0.3) is 0 Å². The van der Waals surface area contributed by atoms with Crippen LogP contribution in [0.25, 0.3) is 0 Å². The number of nitrogens with two attached hydrogens (primary N) is 1. The lowest BCUT2D eigenvalue weighted by Gasteiger charge is -2.04. The molecule has 0 radical (unpaired) electrons. The fourth-order valence-corrected chi connectivity index (χ4v) is 1.49. The highest BCUT2D eigenvalue weighted by Crippen LogP contribution is 2.07. The van der Waals surface area contributed by atoms with Crippen LogP contribution in [-0.4, -0.2) is 27.3 Å². The maximum atomic E-state index is 10.7. The van der Waals surface area contributed by atoms with Gasteiger partial charge < -0.3 is 15.8 Å². The topological polar surface area (TPSA) is 93.8 Å². The van der Waals surface area contributed by atoms with E-state index in [-0.39, 0.29) is 17.0 Å². The fraction of sp³-hybridized carbons (Fsp3) is 0.600. The fourth-order valence-electron chi connectivity index (χ4n) is 1.32. The predicted molar refractivity (Wildman–Crippen MR) is 66.9 cm³/mol. The number of rotatable bonds is 7. The Balaban J connectivity index is 2.20. The summed E-state index contributed by atoms with van der Waals surface area (Å²) < 4.78 is 0. The van der Waals surface area contributed by atoms with Gasteiger partial charge in [-0.1, -0.05) is 6.42 Å². The number of anilines is 2. The number of carbonyl (C=O) groups excluding carboxylic acids is 1. The summed E-state index contributed by atoms with van der Waals surface area (Å²) in [6, 6.07) is 0. The van der Waals surface area contributed by atoms with Crippen LogP contribution in [0.2, 0.25) is 5.28 Å². The Bertz CT molecular complexity index is 365. The summed E-state index contributed by atoms with van der Waals surface area (Å²) in [5.41, 5.74) is 5.42. The number of ketones is 1. The molecule has 0 amide bonds. The number of halogens is 1. The van der Waals surface area contributed by atoms with Crippen molar-refractivity contribution in [3.63, 3.8) is 0 Å². The van der Waals surface area contributed by atoms with Crippen LogP contribution in [0.15, 0.2) is 0 Å². The van der Waals surface area contributed by atoms with Crippen LogP contribution in [0.4, 0.5) is 11.9 Å². The summed E-state index contributed by atoms with van der Waals surface area (Å²) in [5, 5.41) is 3.08. The first kappa shape index (κ1) is 13.6. The number of hydrogen-bond acceptors (Lipinski definition) is 6. The van der Waals surface area contributed by atoms with Gasteiger partial charge in [-0.05, 0) is 31.4 Å². The number of unbranched alkanes of at least 4 members (excludes halogenated alkanes) is 2. The first-order valence-electron chi connectivity index (χ1n) is 5.48. The van der Waals surface area contributed by atoms with Crippen LogP contribution >= 0.6 is 11.6 Å². The maximum Gasteiger partial charge on any atom is 0.228 e. The van der Waals surface area contributed by atoms with Gasteiger partial charge in [0.1, 0.15) is 5.78 Å². The Morgan fingerprint density at radius 3 is 2.71 bits per heavy atom. The molecule has 0 fully saturated rings. The van der Waals surface area contributed by atoms with Gasteiger partial charge in [-0.15, -0.1) is 0 Å². The Kier molecular flexibility index (Phi) is 5.62. The second-order valence-corrected chi connectivity index (χ2v) is 4.06. The molecule has 0 aliphatic carbocycles. The zero-order valence-electron chi connectivity index (χ0n) is 9.74. The molecular weight excluding hydrogens is 242 g/mol. The Hall–Kier alpha value is -1.43. The van der Waals surface area contributed by atoms with Crippen molar-refractivity contribution in [2.24, 2.45) is 0 Å². The van der Waals surface area contributed by atoms with Crippen LogP contribution < -0.4 is 11.1 Å². The average molecular weight is 258 g/mol. The molecule has 0 saturated carbocycles. The molecule has 17 heavy (non-hydrogen) atoms. The maximum absolute atomic E-state index is 10.7. The molecule has 1 aromatic heterocycles. The van der Waals surface area contributed by atoms with Crippen molar-refractivity contribution in [1.29, 1.82) is 0 Å². The van der Waals surface area contributed by atoms with E-state index in [0.717, 1.165) is 25.8 Å². The van der Waals surface area contributed by atoms with Gasteiger partial charge in [0.05, 0.1) is 0 Å². The molecule has 0 bridgehead atoms. The molecule has 0 aliphatic rings. The second-order valence-electron chi connectivity index (χ2n) is 3.73. The average Bonchev–Trinajstić information content (AvgIpc) is 2.21. The lowest BCUT2D eigenvalue weighted by Crippen LogP contribution is -2.08. The molecule has 94 valence electrons. The predicted octanol–water partition coefficient (Wildman–Crippen LogP) is 1.67. The van der Waals surface area contributed by atoms with Gasteiger partial charge in [-0.25, -0.2) is 0 Å². The van der Waals surface area contributed by atoms with Crippen LogP contribution in [-0.2, 0) is 4.79 Å². The molecule has 1 aromatic rings. The van der Waals surface area contributed by atoms with Crippen molar-refractivity contribution >= 4 is 29.3 Å². The zero-order valence-corrected chi connectivity index (χ0v) is 10.5. The molecule has 0 unspecified atom stereocenters. The van der Waals surface area contributed by atoms with E-state index in [2.05, 4.69) is 20.3 Å². The summed E-state index contributed by atoms with van der Waals surface area (Å²) >= 11 is 5.63. The third kappa shape index (κ3) is 6.01. The van der Waals surface area contributed by atoms with E-state index < -0.39 is 0 Å². The van der Waals surface area contributed by atoms with E-state index in [0.29, 0.717) is 12.4 Å². The summed E-state index contributed by atoms with van der Waals surface area (Å²) in [6.07, 6.45) is 3.49. The normalized spacial score (nSPS) is 10.2. The minimum atomic E-state index is 0.0802. The Morgan fingerprint density at radius 2 is 2.06 bits per heavy atom. The van der Waals surface area contributed by atoms with Crippen LogP contribution in [0.5, 0.6) is 0 Å². The van der Waals surface area contributed by atoms with E-state index in [1.807, 2.05) is 0 Å². The van der Waals surface area contributed by atoms with Crippen LogP contribution in [0.1, 0.15) is 32.6 Å². The molecule has 0 aliphatic heterocycles. The first-order valence-corrected chi connectivity index (χ1v) is 5.86. The number of nitrogen functional groups attached to an aromatic ring is 1. The highest BCUT2D eigenvalue weighted by Gasteiger charge is 2.01. The van der Waals surface area contributed by atoms with E-state index in [4.69, 9.17) is 17.3 Å². The summed E-state index contributed by atoms with van der Waals surface area (Å²) in [7, 11) is 0. The van der Waals surface area contributed by atoms with E-state index >= 15 is 0 Å². The van der Waals surface area contributed by atoms with Crippen molar-refractivity contribution in [3.8, 4) is 0 Å². The van der Waals surface area contributed by atoms with Crippen LogP contribution in [0.3, 0.4) is 0 Å². The molecule has 1 heterocycles.